The first-order valence-electron chi connectivity index (χ1n) is 5.94. The number of nitrogens with one attached hydrogen (secondary N) is 1. The maximum Gasteiger partial charge on any atom is 0.237 e. The average molecular weight is 295 g/mol. The molecule has 0 aliphatic carbocycles. The maximum absolute atomic E-state index is 12.5. The molecule has 3 nitrogen and oxygen atoms in total. The van der Waals surface area contributed by atoms with Gasteiger partial charge in [-0.3, -0.25) is 4.79 Å². The second-order valence-electron chi connectivity index (χ2n) is 4.86. The molecule has 0 atom stereocenters. The molecule has 2 aliphatic heterocycles. The molecule has 1 fully saturated rings. The Labute approximate surface area is 109 Å². The first kappa shape index (κ1) is 11.2. The zero-order chi connectivity index (χ0) is 12.0. The summed E-state index contributed by atoms with van der Waals surface area (Å²) < 4.78 is 1.05. The molecule has 2 aliphatic rings. The number of halogens is 1. The Hall–Kier alpha value is -0.870. The summed E-state index contributed by atoms with van der Waals surface area (Å²) in [5.74, 6) is 0.257. The van der Waals surface area contributed by atoms with Crippen LogP contribution in [0, 0.1) is 0 Å². The van der Waals surface area contributed by atoms with E-state index in [1.165, 1.54) is 5.56 Å². The molecule has 1 saturated heterocycles. The number of hydrogen-bond acceptors (Lipinski definition) is 2. The molecule has 4 heteroatoms. The van der Waals surface area contributed by atoms with Gasteiger partial charge in [0.05, 0.1) is 5.41 Å². The van der Waals surface area contributed by atoms with Crippen molar-refractivity contribution in [1.29, 1.82) is 0 Å². The highest BCUT2D eigenvalue weighted by molar-refractivity contribution is 9.10. The second-order valence-corrected chi connectivity index (χ2v) is 5.77. The number of amides is 1. The van der Waals surface area contributed by atoms with Gasteiger partial charge in [-0.1, -0.05) is 15.9 Å². The number of carbonyl (C=O) groups excluding carboxylic acids is 1. The molecule has 0 bridgehead atoms. The molecule has 1 N–H and O–H groups in total. The van der Waals surface area contributed by atoms with E-state index in [2.05, 4.69) is 27.3 Å². The SMILES string of the molecule is CN1C(=O)C2(CCNCC2)c2cc(Br)ccc21. The van der Waals surface area contributed by atoms with Gasteiger partial charge in [-0.25, -0.2) is 0 Å². The number of rotatable bonds is 0. The highest BCUT2D eigenvalue weighted by atomic mass is 79.9. The van der Waals surface area contributed by atoms with Gasteiger partial charge in [0.1, 0.15) is 0 Å². The summed E-state index contributed by atoms with van der Waals surface area (Å²) in [6.45, 7) is 1.84. The Morgan fingerprint density at radius 1 is 1.35 bits per heavy atom. The minimum absolute atomic E-state index is 0.257. The Morgan fingerprint density at radius 2 is 2.06 bits per heavy atom. The van der Waals surface area contributed by atoms with Crippen molar-refractivity contribution in [3.05, 3.63) is 28.2 Å². The van der Waals surface area contributed by atoms with Crippen LogP contribution in [-0.4, -0.2) is 26.0 Å². The number of benzene rings is 1. The molecule has 3 rings (SSSR count). The van der Waals surface area contributed by atoms with Crippen LogP contribution in [0.25, 0.3) is 0 Å². The third-order valence-electron chi connectivity index (χ3n) is 4.01. The van der Waals surface area contributed by atoms with Gasteiger partial charge in [0.25, 0.3) is 0 Å². The number of nitrogens with zero attached hydrogens (tertiary/aromatic N) is 1. The number of carbonyl (C=O) groups is 1. The third-order valence-corrected chi connectivity index (χ3v) is 4.50. The van der Waals surface area contributed by atoms with E-state index < -0.39 is 0 Å². The Morgan fingerprint density at radius 3 is 2.76 bits per heavy atom. The fourth-order valence-electron chi connectivity index (χ4n) is 3.07. The smallest absolute Gasteiger partial charge is 0.237 e. The molecular weight excluding hydrogens is 280 g/mol. The number of hydrogen-bond donors (Lipinski definition) is 1. The topological polar surface area (TPSA) is 32.3 Å². The predicted molar refractivity (Wildman–Crippen MR) is 71.3 cm³/mol. The number of anilines is 1. The highest BCUT2D eigenvalue weighted by Gasteiger charge is 2.49. The van der Waals surface area contributed by atoms with Crippen molar-refractivity contribution in [2.75, 3.05) is 25.0 Å². The number of piperidine rings is 1. The molecule has 0 radical (unpaired) electrons. The van der Waals surface area contributed by atoms with Gasteiger partial charge in [-0.05, 0) is 49.7 Å². The molecule has 1 aromatic carbocycles. The lowest BCUT2D eigenvalue weighted by molar-refractivity contribution is -0.123. The van der Waals surface area contributed by atoms with Gasteiger partial charge < -0.3 is 10.2 Å². The van der Waals surface area contributed by atoms with Gasteiger partial charge in [0.15, 0.2) is 0 Å². The summed E-state index contributed by atoms with van der Waals surface area (Å²) in [6.07, 6.45) is 1.80. The molecule has 1 aromatic rings. The molecule has 90 valence electrons. The number of likely N-dealkylation sites (N-methyl/N-ethyl adjacent to an activating group) is 1. The lowest BCUT2D eigenvalue weighted by Gasteiger charge is -2.32. The Bertz CT molecular complexity index is 480. The van der Waals surface area contributed by atoms with Gasteiger partial charge >= 0.3 is 0 Å². The van der Waals surface area contributed by atoms with Crippen molar-refractivity contribution >= 4 is 27.5 Å². The van der Waals surface area contributed by atoms with Gasteiger partial charge in [0, 0.05) is 17.2 Å². The zero-order valence-electron chi connectivity index (χ0n) is 9.79. The van der Waals surface area contributed by atoms with E-state index in [1.54, 1.807) is 0 Å². The highest BCUT2D eigenvalue weighted by Crippen LogP contribution is 2.47. The van der Waals surface area contributed by atoms with Crippen molar-refractivity contribution < 1.29 is 4.79 Å². The van der Waals surface area contributed by atoms with Crippen LogP contribution in [0.15, 0.2) is 22.7 Å². The van der Waals surface area contributed by atoms with Crippen molar-refractivity contribution in [3.63, 3.8) is 0 Å². The minimum Gasteiger partial charge on any atom is -0.317 e. The molecular formula is C13H15BrN2O. The van der Waals surface area contributed by atoms with E-state index in [4.69, 9.17) is 0 Å². The van der Waals surface area contributed by atoms with Crippen LogP contribution < -0.4 is 10.2 Å². The standard InChI is InChI=1S/C13H15BrN2O/c1-16-11-3-2-9(14)8-10(11)13(12(16)17)4-6-15-7-5-13/h2-3,8,15H,4-7H2,1H3. The first-order chi connectivity index (χ1) is 8.15. The predicted octanol–water partition coefficient (Wildman–Crippen LogP) is 2.05. The second kappa shape index (κ2) is 3.82. The zero-order valence-corrected chi connectivity index (χ0v) is 11.4. The van der Waals surface area contributed by atoms with E-state index in [-0.39, 0.29) is 11.3 Å². The first-order valence-corrected chi connectivity index (χ1v) is 6.73. The molecule has 1 spiro atoms. The van der Waals surface area contributed by atoms with Crippen molar-refractivity contribution in [1.82, 2.24) is 5.32 Å². The maximum atomic E-state index is 12.5. The average Bonchev–Trinajstić information content (AvgIpc) is 2.54. The van der Waals surface area contributed by atoms with Crippen LogP contribution in [-0.2, 0) is 10.2 Å². The van der Waals surface area contributed by atoms with Crippen molar-refractivity contribution in [3.8, 4) is 0 Å². The van der Waals surface area contributed by atoms with E-state index >= 15 is 0 Å². The quantitative estimate of drug-likeness (QED) is 0.794. The monoisotopic (exact) mass is 294 g/mol. The number of fused-ring (bicyclic) bond motifs is 2. The van der Waals surface area contributed by atoms with Crippen LogP contribution in [0.4, 0.5) is 5.69 Å². The largest absolute Gasteiger partial charge is 0.317 e. The summed E-state index contributed by atoms with van der Waals surface area (Å²) in [4.78, 5) is 14.3. The van der Waals surface area contributed by atoms with E-state index in [0.717, 1.165) is 36.1 Å². The van der Waals surface area contributed by atoms with Crippen molar-refractivity contribution in [2.45, 2.75) is 18.3 Å². The molecule has 1 amide bonds. The van der Waals surface area contributed by atoms with Crippen LogP contribution >= 0.6 is 15.9 Å². The van der Waals surface area contributed by atoms with Crippen molar-refractivity contribution in [2.24, 2.45) is 0 Å². The normalized spacial score (nSPS) is 22.0. The lowest BCUT2D eigenvalue weighted by Crippen LogP contribution is -2.46. The minimum atomic E-state index is -0.279. The fourth-order valence-corrected chi connectivity index (χ4v) is 3.43. The molecule has 2 heterocycles. The summed E-state index contributed by atoms with van der Waals surface area (Å²) in [6, 6.07) is 6.15. The summed E-state index contributed by atoms with van der Waals surface area (Å²) in [5.41, 5.74) is 1.99. The fraction of sp³-hybridized carbons (Fsp3) is 0.462. The molecule has 17 heavy (non-hydrogen) atoms. The van der Waals surface area contributed by atoms with Gasteiger partial charge in [0.2, 0.25) is 5.91 Å². The summed E-state index contributed by atoms with van der Waals surface area (Å²) in [7, 11) is 1.88. The third kappa shape index (κ3) is 1.47. The van der Waals surface area contributed by atoms with Gasteiger partial charge in [-0.15, -0.1) is 0 Å². The summed E-state index contributed by atoms with van der Waals surface area (Å²) in [5, 5.41) is 3.33. The Balaban J connectivity index is 2.18. The molecule has 0 unspecified atom stereocenters. The Kier molecular flexibility index (Phi) is 2.52. The van der Waals surface area contributed by atoms with E-state index in [0.29, 0.717) is 0 Å². The van der Waals surface area contributed by atoms with Crippen LogP contribution in [0.5, 0.6) is 0 Å². The van der Waals surface area contributed by atoms with Gasteiger partial charge in [-0.2, -0.15) is 0 Å². The van der Waals surface area contributed by atoms with E-state index in [9.17, 15) is 4.79 Å². The lowest BCUT2D eigenvalue weighted by atomic mass is 9.74. The molecule has 0 saturated carbocycles. The van der Waals surface area contributed by atoms with E-state index in [1.807, 2.05) is 24.1 Å². The summed E-state index contributed by atoms with van der Waals surface area (Å²) >= 11 is 3.51. The molecule has 0 aromatic heterocycles. The van der Waals surface area contributed by atoms with Crippen LogP contribution in [0.3, 0.4) is 0 Å². The van der Waals surface area contributed by atoms with Crippen LogP contribution in [0.1, 0.15) is 18.4 Å². The van der Waals surface area contributed by atoms with Crippen LogP contribution in [0.2, 0.25) is 0 Å².